The molecule has 2 aromatic heterocycles. The highest BCUT2D eigenvalue weighted by molar-refractivity contribution is 6.31. The van der Waals surface area contributed by atoms with E-state index in [9.17, 15) is 4.79 Å². The van der Waals surface area contributed by atoms with Crippen molar-refractivity contribution in [2.75, 3.05) is 6.54 Å². The number of fused-ring (bicyclic) bond motifs is 3. The smallest absolute Gasteiger partial charge is 0.252 e. The number of aromatic nitrogens is 5. The SMILES string of the molecule is O=C([C@H](c1ccccc1)n1cnnn1)N1CCc2[nH]c3ccc(Cl)cc3c2C1. The first-order valence-corrected chi connectivity index (χ1v) is 9.43. The molecule has 1 aliphatic heterocycles. The zero-order chi connectivity index (χ0) is 19.1. The molecule has 0 aliphatic carbocycles. The van der Waals surface area contributed by atoms with Crippen molar-refractivity contribution in [3.63, 3.8) is 0 Å². The van der Waals surface area contributed by atoms with Gasteiger partial charge >= 0.3 is 0 Å². The van der Waals surface area contributed by atoms with Gasteiger partial charge in [-0.1, -0.05) is 41.9 Å². The van der Waals surface area contributed by atoms with Gasteiger partial charge in [-0.05, 0) is 34.2 Å². The van der Waals surface area contributed by atoms with Gasteiger partial charge < -0.3 is 9.88 Å². The van der Waals surface area contributed by atoms with Crippen LogP contribution in [-0.2, 0) is 17.8 Å². The number of rotatable bonds is 3. The second-order valence-corrected chi connectivity index (χ2v) is 7.32. The van der Waals surface area contributed by atoms with Crippen LogP contribution in [0.15, 0.2) is 54.9 Å². The molecule has 8 heteroatoms. The van der Waals surface area contributed by atoms with E-state index >= 15 is 0 Å². The normalized spacial score (nSPS) is 14.8. The maximum Gasteiger partial charge on any atom is 0.252 e. The van der Waals surface area contributed by atoms with Crippen LogP contribution in [0.25, 0.3) is 10.9 Å². The Hall–Kier alpha value is -3.19. The van der Waals surface area contributed by atoms with Crippen molar-refractivity contribution < 1.29 is 4.79 Å². The Morgan fingerprint density at radius 3 is 2.82 bits per heavy atom. The summed E-state index contributed by atoms with van der Waals surface area (Å²) in [5.41, 5.74) is 4.19. The Kier molecular flexibility index (Phi) is 4.09. The average molecular weight is 393 g/mol. The number of nitrogens with one attached hydrogen (secondary N) is 1. The number of hydrogen-bond donors (Lipinski definition) is 1. The first kappa shape index (κ1) is 16.9. The summed E-state index contributed by atoms with van der Waals surface area (Å²) in [5.74, 6) is -0.0273. The molecule has 1 amide bonds. The number of halogens is 1. The minimum absolute atomic E-state index is 0.0273. The molecule has 1 N–H and O–H groups in total. The Balaban J connectivity index is 1.51. The summed E-state index contributed by atoms with van der Waals surface area (Å²) in [6.07, 6.45) is 2.25. The maximum absolute atomic E-state index is 13.5. The molecule has 2 aromatic carbocycles. The van der Waals surface area contributed by atoms with Crippen molar-refractivity contribution in [1.29, 1.82) is 0 Å². The fourth-order valence-electron chi connectivity index (χ4n) is 3.88. The largest absolute Gasteiger partial charge is 0.358 e. The zero-order valence-corrected chi connectivity index (χ0v) is 15.7. The third-order valence-corrected chi connectivity index (χ3v) is 5.46. The predicted molar refractivity (Wildman–Crippen MR) is 105 cm³/mol. The van der Waals surface area contributed by atoms with Crippen molar-refractivity contribution in [3.8, 4) is 0 Å². The molecular weight excluding hydrogens is 376 g/mol. The number of nitrogens with zero attached hydrogens (tertiary/aromatic N) is 5. The minimum atomic E-state index is -0.591. The lowest BCUT2D eigenvalue weighted by Gasteiger charge is -2.30. The summed E-state index contributed by atoms with van der Waals surface area (Å²) < 4.78 is 1.51. The standard InChI is InChI=1S/C20H17ClN6O/c21-14-6-7-17-15(10-14)16-11-26(9-8-18(16)23-17)20(28)19(27-12-22-24-25-27)13-4-2-1-3-5-13/h1-7,10,12,19,23H,8-9,11H2/t19-/m0/s1. The number of aromatic amines is 1. The van der Waals surface area contributed by atoms with Gasteiger partial charge in [0.15, 0.2) is 6.04 Å². The van der Waals surface area contributed by atoms with E-state index in [0.29, 0.717) is 18.1 Å². The summed E-state index contributed by atoms with van der Waals surface area (Å²) in [5, 5.41) is 13.2. The van der Waals surface area contributed by atoms with E-state index in [1.54, 1.807) is 0 Å². The van der Waals surface area contributed by atoms with Crippen molar-refractivity contribution in [2.24, 2.45) is 0 Å². The number of carbonyl (C=O) groups excluding carboxylic acids is 1. The summed E-state index contributed by atoms with van der Waals surface area (Å²) in [4.78, 5) is 18.8. The quantitative estimate of drug-likeness (QED) is 0.581. The lowest BCUT2D eigenvalue weighted by atomic mass is 10.0. The molecule has 0 spiro atoms. The molecule has 5 rings (SSSR count). The first-order valence-electron chi connectivity index (χ1n) is 9.06. The van der Waals surface area contributed by atoms with Gasteiger partial charge in [-0.3, -0.25) is 4.79 Å². The third kappa shape index (κ3) is 2.84. The van der Waals surface area contributed by atoms with Crippen LogP contribution >= 0.6 is 11.6 Å². The highest BCUT2D eigenvalue weighted by Gasteiger charge is 2.31. The zero-order valence-electron chi connectivity index (χ0n) is 14.9. The van der Waals surface area contributed by atoms with Gasteiger partial charge in [0.1, 0.15) is 6.33 Å². The summed E-state index contributed by atoms with van der Waals surface area (Å²) in [7, 11) is 0. The van der Waals surface area contributed by atoms with Gasteiger partial charge in [-0.15, -0.1) is 5.10 Å². The molecule has 7 nitrogen and oxygen atoms in total. The van der Waals surface area contributed by atoms with E-state index in [4.69, 9.17) is 11.6 Å². The maximum atomic E-state index is 13.5. The van der Waals surface area contributed by atoms with Gasteiger partial charge in [-0.2, -0.15) is 0 Å². The molecule has 140 valence electrons. The van der Waals surface area contributed by atoms with Crippen LogP contribution in [0.4, 0.5) is 0 Å². The van der Waals surface area contributed by atoms with Gasteiger partial charge in [0.05, 0.1) is 0 Å². The summed E-state index contributed by atoms with van der Waals surface area (Å²) >= 11 is 6.20. The Bertz CT molecular complexity index is 1140. The molecule has 0 saturated carbocycles. The number of amides is 1. The van der Waals surface area contributed by atoms with Crippen LogP contribution in [-0.4, -0.2) is 42.5 Å². The van der Waals surface area contributed by atoms with E-state index in [0.717, 1.165) is 28.5 Å². The highest BCUT2D eigenvalue weighted by Crippen LogP contribution is 2.31. The van der Waals surface area contributed by atoms with Crippen LogP contribution in [0, 0.1) is 0 Å². The number of benzene rings is 2. The number of hydrogen-bond acceptors (Lipinski definition) is 4. The van der Waals surface area contributed by atoms with Crippen LogP contribution in [0.2, 0.25) is 5.02 Å². The van der Waals surface area contributed by atoms with E-state index in [2.05, 4.69) is 20.5 Å². The summed E-state index contributed by atoms with van der Waals surface area (Å²) in [6, 6.07) is 14.8. The minimum Gasteiger partial charge on any atom is -0.358 e. The summed E-state index contributed by atoms with van der Waals surface area (Å²) in [6.45, 7) is 1.16. The highest BCUT2D eigenvalue weighted by atomic mass is 35.5. The van der Waals surface area contributed by atoms with Crippen LogP contribution in [0.1, 0.15) is 22.9 Å². The molecule has 1 atom stereocenters. The van der Waals surface area contributed by atoms with Gasteiger partial charge in [0.25, 0.3) is 5.91 Å². The number of H-pyrrole nitrogens is 1. The molecule has 0 unspecified atom stereocenters. The lowest BCUT2D eigenvalue weighted by molar-refractivity contribution is -0.134. The topological polar surface area (TPSA) is 79.7 Å². The van der Waals surface area contributed by atoms with Crippen LogP contribution < -0.4 is 0 Å². The second kappa shape index (κ2) is 6.76. The molecule has 0 bridgehead atoms. The predicted octanol–water partition coefficient (Wildman–Crippen LogP) is 2.98. The Morgan fingerprint density at radius 1 is 1.18 bits per heavy atom. The van der Waals surface area contributed by atoms with Crippen molar-refractivity contribution in [3.05, 3.63) is 76.7 Å². The van der Waals surface area contributed by atoms with Gasteiger partial charge in [-0.25, -0.2) is 4.68 Å². The van der Waals surface area contributed by atoms with Gasteiger partial charge in [0, 0.05) is 46.7 Å². The van der Waals surface area contributed by atoms with Crippen molar-refractivity contribution in [2.45, 2.75) is 19.0 Å². The molecule has 28 heavy (non-hydrogen) atoms. The van der Waals surface area contributed by atoms with E-state index in [1.165, 1.54) is 16.7 Å². The fraction of sp³-hybridized carbons (Fsp3) is 0.200. The lowest BCUT2D eigenvalue weighted by Crippen LogP contribution is -2.41. The third-order valence-electron chi connectivity index (χ3n) is 5.23. The number of tetrazole rings is 1. The molecule has 4 aromatic rings. The van der Waals surface area contributed by atoms with Gasteiger partial charge in [0.2, 0.25) is 0 Å². The Labute approximate surface area is 165 Å². The van der Waals surface area contributed by atoms with Crippen molar-refractivity contribution >= 4 is 28.4 Å². The fourth-order valence-corrected chi connectivity index (χ4v) is 4.05. The molecule has 0 radical (unpaired) electrons. The van der Waals surface area contributed by atoms with Crippen LogP contribution in [0.3, 0.4) is 0 Å². The second-order valence-electron chi connectivity index (χ2n) is 6.88. The average Bonchev–Trinajstić information content (AvgIpc) is 3.36. The van der Waals surface area contributed by atoms with E-state index in [1.807, 2.05) is 53.4 Å². The van der Waals surface area contributed by atoms with Crippen molar-refractivity contribution in [1.82, 2.24) is 30.1 Å². The van der Waals surface area contributed by atoms with E-state index < -0.39 is 6.04 Å². The first-order chi connectivity index (χ1) is 13.7. The monoisotopic (exact) mass is 392 g/mol. The molecule has 1 aliphatic rings. The Morgan fingerprint density at radius 2 is 2.04 bits per heavy atom. The molecule has 0 saturated heterocycles. The molecule has 0 fully saturated rings. The molecule has 3 heterocycles. The van der Waals surface area contributed by atoms with E-state index in [-0.39, 0.29) is 5.91 Å². The number of carbonyl (C=O) groups is 1. The molecular formula is C20H17ClN6O. The van der Waals surface area contributed by atoms with Crippen LogP contribution in [0.5, 0.6) is 0 Å².